The fraction of sp³-hybridized carbons (Fsp3) is 0.316. The molecule has 1 aromatic heterocycles. The number of aromatic nitrogens is 2. The van der Waals surface area contributed by atoms with E-state index in [9.17, 15) is 0 Å². The fourth-order valence-electron chi connectivity index (χ4n) is 3.32. The van der Waals surface area contributed by atoms with Crippen LogP contribution in [0.15, 0.2) is 48.5 Å². The highest BCUT2D eigenvalue weighted by atomic mass is 16.5. The van der Waals surface area contributed by atoms with Gasteiger partial charge in [0.15, 0.2) is 0 Å². The van der Waals surface area contributed by atoms with E-state index in [1.807, 2.05) is 12.1 Å². The first-order valence-electron chi connectivity index (χ1n) is 8.13. The van der Waals surface area contributed by atoms with Gasteiger partial charge in [0.05, 0.1) is 18.1 Å². The van der Waals surface area contributed by atoms with Crippen molar-refractivity contribution in [3.05, 3.63) is 59.9 Å². The van der Waals surface area contributed by atoms with Crippen LogP contribution in [0.5, 0.6) is 5.75 Å². The molecule has 2 aromatic carbocycles. The zero-order valence-corrected chi connectivity index (χ0v) is 13.4. The number of rotatable bonds is 3. The number of para-hydroxylation sites is 2. The highest BCUT2D eigenvalue weighted by Gasteiger charge is 2.17. The minimum absolute atomic E-state index is 0.913. The standard InChI is InChI=1S/C19H21N3O/c1-23-16-8-6-15(7-9-16)14-21-11-10-19-20-17-4-2-3-5-18(17)22(19)13-12-21/h2-9H,10-14H2,1H3. The van der Waals surface area contributed by atoms with Crippen molar-refractivity contribution in [1.29, 1.82) is 0 Å². The molecule has 3 aromatic rings. The van der Waals surface area contributed by atoms with Gasteiger partial charge in [-0.25, -0.2) is 4.98 Å². The normalized spacial score (nSPS) is 15.3. The van der Waals surface area contributed by atoms with Crippen molar-refractivity contribution in [3.8, 4) is 5.75 Å². The molecule has 0 aliphatic carbocycles. The average molecular weight is 307 g/mol. The van der Waals surface area contributed by atoms with Crippen molar-refractivity contribution in [2.75, 3.05) is 20.2 Å². The summed E-state index contributed by atoms with van der Waals surface area (Å²) in [4.78, 5) is 7.30. The molecule has 0 amide bonds. The van der Waals surface area contributed by atoms with E-state index in [0.717, 1.165) is 43.9 Å². The summed E-state index contributed by atoms with van der Waals surface area (Å²) in [6.07, 6.45) is 1.00. The van der Waals surface area contributed by atoms with Gasteiger partial charge in [0.25, 0.3) is 0 Å². The molecule has 1 aliphatic heterocycles. The molecule has 23 heavy (non-hydrogen) atoms. The molecule has 0 atom stereocenters. The van der Waals surface area contributed by atoms with E-state index in [0.29, 0.717) is 0 Å². The lowest BCUT2D eigenvalue weighted by molar-refractivity contribution is 0.272. The number of imidazole rings is 1. The van der Waals surface area contributed by atoms with Crippen LogP contribution in [-0.2, 0) is 19.5 Å². The highest BCUT2D eigenvalue weighted by Crippen LogP contribution is 2.20. The third-order valence-corrected chi connectivity index (χ3v) is 4.59. The molecule has 4 rings (SSSR count). The van der Waals surface area contributed by atoms with Gasteiger partial charge in [-0.1, -0.05) is 24.3 Å². The van der Waals surface area contributed by atoms with Gasteiger partial charge >= 0.3 is 0 Å². The molecule has 118 valence electrons. The van der Waals surface area contributed by atoms with Crippen LogP contribution >= 0.6 is 0 Å². The first-order valence-corrected chi connectivity index (χ1v) is 8.13. The maximum Gasteiger partial charge on any atom is 0.118 e. The van der Waals surface area contributed by atoms with Gasteiger partial charge in [0.1, 0.15) is 11.6 Å². The molecule has 0 saturated carbocycles. The fourth-order valence-corrected chi connectivity index (χ4v) is 3.32. The molecule has 0 unspecified atom stereocenters. The summed E-state index contributed by atoms with van der Waals surface area (Å²) in [5, 5.41) is 0. The maximum absolute atomic E-state index is 5.23. The molecule has 0 spiro atoms. The Hall–Kier alpha value is -2.33. The lowest BCUT2D eigenvalue weighted by atomic mass is 10.2. The van der Waals surface area contributed by atoms with Crippen molar-refractivity contribution in [2.24, 2.45) is 0 Å². The average Bonchev–Trinajstić information content (AvgIpc) is 2.84. The van der Waals surface area contributed by atoms with Gasteiger partial charge in [-0.15, -0.1) is 0 Å². The number of benzene rings is 2. The quantitative estimate of drug-likeness (QED) is 0.745. The Morgan fingerprint density at radius 2 is 1.83 bits per heavy atom. The first-order chi connectivity index (χ1) is 11.3. The molecule has 0 N–H and O–H groups in total. The number of nitrogens with zero attached hydrogens (tertiary/aromatic N) is 3. The van der Waals surface area contributed by atoms with E-state index in [1.165, 1.54) is 16.9 Å². The zero-order chi connectivity index (χ0) is 15.6. The smallest absolute Gasteiger partial charge is 0.118 e. The van der Waals surface area contributed by atoms with E-state index < -0.39 is 0 Å². The van der Waals surface area contributed by atoms with Crippen LogP contribution in [0.4, 0.5) is 0 Å². The van der Waals surface area contributed by atoms with Crippen molar-refractivity contribution >= 4 is 11.0 Å². The summed E-state index contributed by atoms with van der Waals surface area (Å²) in [6, 6.07) is 16.8. The van der Waals surface area contributed by atoms with E-state index in [-0.39, 0.29) is 0 Å². The predicted molar refractivity (Wildman–Crippen MR) is 91.7 cm³/mol. The van der Waals surface area contributed by atoms with Gasteiger partial charge in [0.2, 0.25) is 0 Å². The van der Waals surface area contributed by atoms with E-state index >= 15 is 0 Å². The van der Waals surface area contributed by atoms with Gasteiger partial charge in [-0.05, 0) is 29.8 Å². The van der Waals surface area contributed by atoms with Crippen LogP contribution in [-0.4, -0.2) is 34.7 Å². The molecule has 1 aliphatic rings. The van der Waals surface area contributed by atoms with Gasteiger partial charge < -0.3 is 9.30 Å². The number of fused-ring (bicyclic) bond motifs is 3. The molecule has 0 radical (unpaired) electrons. The molecule has 0 bridgehead atoms. The molecule has 2 heterocycles. The van der Waals surface area contributed by atoms with Crippen LogP contribution in [0.1, 0.15) is 11.4 Å². The lowest BCUT2D eigenvalue weighted by Gasteiger charge is -2.19. The zero-order valence-electron chi connectivity index (χ0n) is 13.4. The van der Waals surface area contributed by atoms with Crippen molar-refractivity contribution in [1.82, 2.24) is 14.5 Å². The second-order valence-electron chi connectivity index (χ2n) is 6.04. The van der Waals surface area contributed by atoms with Crippen LogP contribution in [0.3, 0.4) is 0 Å². The summed E-state index contributed by atoms with van der Waals surface area (Å²) < 4.78 is 7.61. The minimum Gasteiger partial charge on any atom is -0.497 e. The molecular weight excluding hydrogens is 286 g/mol. The number of ether oxygens (including phenoxy) is 1. The van der Waals surface area contributed by atoms with E-state index in [2.05, 4.69) is 45.9 Å². The Morgan fingerprint density at radius 3 is 2.65 bits per heavy atom. The summed E-state index contributed by atoms with van der Waals surface area (Å²) in [5.41, 5.74) is 3.70. The monoisotopic (exact) mass is 307 g/mol. The summed E-state index contributed by atoms with van der Waals surface area (Å²) >= 11 is 0. The molecule has 0 fully saturated rings. The highest BCUT2D eigenvalue weighted by molar-refractivity contribution is 5.75. The van der Waals surface area contributed by atoms with E-state index in [1.54, 1.807) is 7.11 Å². The van der Waals surface area contributed by atoms with Crippen molar-refractivity contribution < 1.29 is 4.74 Å². The van der Waals surface area contributed by atoms with Gasteiger partial charge in [-0.3, -0.25) is 4.90 Å². The summed E-state index contributed by atoms with van der Waals surface area (Å²) in [7, 11) is 1.70. The summed E-state index contributed by atoms with van der Waals surface area (Å²) in [5.74, 6) is 2.12. The third kappa shape index (κ3) is 2.82. The molecule has 0 saturated heterocycles. The van der Waals surface area contributed by atoms with Crippen LogP contribution in [0, 0.1) is 0 Å². The Bertz CT molecular complexity index is 807. The molecule has 4 nitrogen and oxygen atoms in total. The second kappa shape index (κ2) is 6.05. The Kier molecular flexibility index (Phi) is 3.75. The minimum atomic E-state index is 0.913. The number of hydrogen-bond donors (Lipinski definition) is 0. The number of methoxy groups -OCH3 is 1. The van der Waals surface area contributed by atoms with Gasteiger partial charge in [0, 0.05) is 32.6 Å². The molecule has 4 heteroatoms. The predicted octanol–water partition coefficient (Wildman–Crippen LogP) is 3.10. The number of hydrogen-bond acceptors (Lipinski definition) is 3. The Balaban J connectivity index is 1.49. The lowest BCUT2D eigenvalue weighted by Crippen LogP contribution is -2.26. The Labute approximate surface area is 136 Å². The third-order valence-electron chi connectivity index (χ3n) is 4.59. The largest absolute Gasteiger partial charge is 0.497 e. The second-order valence-corrected chi connectivity index (χ2v) is 6.04. The maximum atomic E-state index is 5.23. The van der Waals surface area contributed by atoms with E-state index in [4.69, 9.17) is 9.72 Å². The topological polar surface area (TPSA) is 30.3 Å². The summed E-state index contributed by atoms with van der Waals surface area (Å²) in [6.45, 7) is 4.09. The van der Waals surface area contributed by atoms with Crippen LogP contribution in [0.25, 0.3) is 11.0 Å². The Morgan fingerprint density at radius 1 is 1.00 bits per heavy atom. The van der Waals surface area contributed by atoms with Crippen molar-refractivity contribution in [3.63, 3.8) is 0 Å². The van der Waals surface area contributed by atoms with Gasteiger partial charge in [-0.2, -0.15) is 0 Å². The van der Waals surface area contributed by atoms with Crippen LogP contribution in [0.2, 0.25) is 0 Å². The SMILES string of the molecule is COc1ccc(CN2CCc3nc4ccccc4n3CC2)cc1. The first kappa shape index (κ1) is 14.3. The van der Waals surface area contributed by atoms with Crippen molar-refractivity contribution in [2.45, 2.75) is 19.5 Å². The molecular formula is C19H21N3O. The van der Waals surface area contributed by atoms with Crippen LogP contribution < -0.4 is 4.74 Å².